The molecule has 2 N–H and O–H groups in total. The molecule has 6 heteroatoms. The van der Waals surface area contributed by atoms with Crippen LogP contribution in [0.15, 0.2) is 73.3 Å². The zero-order chi connectivity index (χ0) is 18.2. The third-order valence-electron chi connectivity index (χ3n) is 3.88. The third kappa shape index (κ3) is 4.57. The minimum Gasteiger partial charge on any atom is -0.352 e. The maximum absolute atomic E-state index is 12.1. The number of hydrogen-bond donors (Lipinski definition) is 2. The van der Waals surface area contributed by atoms with E-state index >= 15 is 0 Å². The number of aromatic nitrogens is 2. The molecule has 0 unspecified atom stereocenters. The van der Waals surface area contributed by atoms with E-state index in [2.05, 4.69) is 15.6 Å². The molecule has 3 rings (SSSR count). The van der Waals surface area contributed by atoms with Crippen LogP contribution >= 0.6 is 0 Å². The first-order valence-corrected chi connectivity index (χ1v) is 8.44. The van der Waals surface area contributed by atoms with Crippen LogP contribution in [0, 0.1) is 0 Å². The predicted octanol–water partition coefficient (Wildman–Crippen LogP) is 2.42. The molecule has 0 bridgehead atoms. The van der Waals surface area contributed by atoms with E-state index in [1.54, 1.807) is 30.5 Å². The van der Waals surface area contributed by atoms with Crippen LogP contribution in [0.1, 0.15) is 27.1 Å². The van der Waals surface area contributed by atoms with Gasteiger partial charge in [0.05, 0.1) is 5.56 Å². The van der Waals surface area contributed by atoms with Crippen LogP contribution in [0.4, 0.5) is 0 Å². The Morgan fingerprint density at radius 2 is 1.50 bits per heavy atom. The highest BCUT2D eigenvalue weighted by molar-refractivity contribution is 5.94. The van der Waals surface area contributed by atoms with Gasteiger partial charge in [0.25, 0.3) is 11.8 Å². The molecule has 2 amide bonds. The monoisotopic (exact) mass is 348 g/mol. The van der Waals surface area contributed by atoms with Crippen molar-refractivity contribution < 1.29 is 9.59 Å². The van der Waals surface area contributed by atoms with E-state index in [9.17, 15) is 9.59 Å². The molecule has 2 aromatic heterocycles. The second kappa shape index (κ2) is 8.62. The van der Waals surface area contributed by atoms with Crippen molar-refractivity contribution in [3.8, 4) is 5.69 Å². The topological polar surface area (TPSA) is 76.0 Å². The number of carbonyl (C=O) groups excluding carboxylic acids is 2. The predicted molar refractivity (Wildman–Crippen MR) is 99.3 cm³/mol. The highest BCUT2D eigenvalue weighted by Crippen LogP contribution is 2.10. The van der Waals surface area contributed by atoms with Crippen LogP contribution in [-0.4, -0.2) is 34.5 Å². The van der Waals surface area contributed by atoms with E-state index in [-0.39, 0.29) is 11.8 Å². The first-order chi connectivity index (χ1) is 12.7. The number of rotatable bonds is 7. The summed E-state index contributed by atoms with van der Waals surface area (Å²) in [6.45, 7) is 0.978. The molecular formula is C20H20N4O2. The lowest BCUT2D eigenvalue weighted by atomic mass is 10.2. The molecule has 26 heavy (non-hydrogen) atoms. The Morgan fingerprint density at radius 3 is 2.12 bits per heavy atom. The van der Waals surface area contributed by atoms with E-state index < -0.39 is 0 Å². The van der Waals surface area contributed by atoms with Crippen molar-refractivity contribution in [1.82, 2.24) is 20.2 Å². The highest BCUT2D eigenvalue weighted by Gasteiger charge is 2.06. The van der Waals surface area contributed by atoms with Crippen molar-refractivity contribution in [2.45, 2.75) is 6.42 Å². The number of pyridine rings is 1. The lowest BCUT2D eigenvalue weighted by molar-refractivity contribution is 0.0951. The van der Waals surface area contributed by atoms with Crippen molar-refractivity contribution >= 4 is 11.8 Å². The van der Waals surface area contributed by atoms with Gasteiger partial charge in [-0.3, -0.25) is 14.6 Å². The highest BCUT2D eigenvalue weighted by atomic mass is 16.2. The van der Waals surface area contributed by atoms with Crippen molar-refractivity contribution in [2.24, 2.45) is 0 Å². The number of benzene rings is 1. The van der Waals surface area contributed by atoms with Crippen LogP contribution in [0.3, 0.4) is 0 Å². The summed E-state index contributed by atoms with van der Waals surface area (Å²) >= 11 is 0. The maximum Gasteiger partial charge on any atom is 0.252 e. The minimum atomic E-state index is -0.162. The van der Waals surface area contributed by atoms with Gasteiger partial charge in [-0.25, -0.2) is 0 Å². The molecule has 0 spiro atoms. The molecule has 0 saturated heterocycles. The number of nitrogens with zero attached hydrogens (tertiary/aromatic N) is 2. The molecule has 6 nitrogen and oxygen atoms in total. The zero-order valence-electron chi connectivity index (χ0n) is 14.3. The minimum absolute atomic E-state index is 0.123. The van der Waals surface area contributed by atoms with E-state index in [0.717, 1.165) is 5.69 Å². The molecule has 132 valence electrons. The average Bonchev–Trinajstić information content (AvgIpc) is 3.23. The molecule has 0 aliphatic carbocycles. The van der Waals surface area contributed by atoms with E-state index in [1.165, 1.54) is 6.20 Å². The molecule has 0 fully saturated rings. The largest absolute Gasteiger partial charge is 0.352 e. The van der Waals surface area contributed by atoms with Crippen LogP contribution in [0.5, 0.6) is 0 Å². The fourth-order valence-corrected chi connectivity index (χ4v) is 2.49. The van der Waals surface area contributed by atoms with E-state index in [1.807, 2.05) is 41.2 Å². The summed E-state index contributed by atoms with van der Waals surface area (Å²) in [4.78, 5) is 27.9. The maximum atomic E-state index is 12.1. The van der Waals surface area contributed by atoms with Crippen molar-refractivity contribution in [2.75, 3.05) is 13.1 Å². The van der Waals surface area contributed by atoms with Gasteiger partial charge in [0.15, 0.2) is 0 Å². The van der Waals surface area contributed by atoms with Gasteiger partial charge in [0.2, 0.25) is 0 Å². The van der Waals surface area contributed by atoms with Gasteiger partial charge in [0.1, 0.15) is 0 Å². The standard InChI is InChI=1S/C20H20N4O2/c25-19(16-6-8-18(9-7-16)24-13-1-2-14-24)22-11-4-12-23-20(26)17-5-3-10-21-15-17/h1-3,5-10,13-15H,4,11-12H2,(H,22,25)(H,23,26). The van der Waals surface area contributed by atoms with E-state index in [0.29, 0.717) is 30.6 Å². The van der Waals surface area contributed by atoms with Crippen molar-refractivity contribution in [3.63, 3.8) is 0 Å². The summed E-state index contributed by atoms with van der Waals surface area (Å²) < 4.78 is 1.98. The van der Waals surface area contributed by atoms with Crippen molar-refractivity contribution in [3.05, 3.63) is 84.4 Å². The quantitative estimate of drug-likeness (QED) is 0.644. The van der Waals surface area contributed by atoms with Gasteiger partial charge >= 0.3 is 0 Å². The Hall–Kier alpha value is -3.41. The number of amides is 2. The Balaban J connectivity index is 1.39. The molecule has 0 radical (unpaired) electrons. The second-order valence-electron chi connectivity index (χ2n) is 5.74. The molecular weight excluding hydrogens is 328 g/mol. The van der Waals surface area contributed by atoms with Crippen LogP contribution < -0.4 is 10.6 Å². The molecule has 0 atom stereocenters. The smallest absolute Gasteiger partial charge is 0.252 e. The lowest BCUT2D eigenvalue weighted by Gasteiger charge is -2.08. The zero-order valence-corrected chi connectivity index (χ0v) is 14.3. The normalized spacial score (nSPS) is 10.3. The van der Waals surface area contributed by atoms with Gasteiger partial charge in [0, 0.05) is 49.1 Å². The molecule has 0 saturated carbocycles. The number of carbonyl (C=O) groups is 2. The number of nitrogens with one attached hydrogen (secondary N) is 2. The lowest BCUT2D eigenvalue weighted by Crippen LogP contribution is -2.29. The second-order valence-corrected chi connectivity index (χ2v) is 5.74. The summed E-state index contributed by atoms with van der Waals surface area (Å²) in [5.74, 6) is -0.285. The summed E-state index contributed by atoms with van der Waals surface area (Å²) in [6, 6.07) is 14.7. The third-order valence-corrected chi connectivity index (χ3v) is 3.88. The van der Waals surface area contributed by atoms with Gasteiger partial charge in [-0.15, -0.1) is 0 Å². The summed E-state index contributed by atoms with van der Waals surface area (Å²) in [6.07, 6.45) is 7.70. The first-order valence-electron chi connectivity index (χ1n) is 8.44. The molecule has 0 aliphatic rings. The number of hydrogen-bond acceptors (Lipinski definition) is 3. The van der Waals surface area contributed by atoms with Gasteiger partial charge in [-0.05, 0) is 55.0 Å². The Labute approximate surface area is 151 Å². The van der Waals surface area contributed by atoms with Gasteiger partial charge in [-0.2, -0.15) is 0 Å². The molecule has 3 aromatic rings. The molecule has 0 aliphatic heterocycles. The van der Waals surface area contributed by atoms with Crippen molar-refractivity contribution in [1.29, 1.82) is 0 Å². The summed E-state index contributed by atoms with van der Waals surface area (Å²) in [5.41, 5.74) is 2.14. The SMILES string of the molecule is O=C(NCCCNC(=O)c1cccnc1)c1ccc(-n2cccc2)cc1. The fourth-order valence-electron chi connectivity index (χ4n) is 2.49. The fraction of sp³-hybridized carbons (Fsp3) is 0.150. The molecule has 2 heterocycles. The van der Waals surface area contributed by atoms with E-state index in [4.69, 9.17) is 0 Å². The Kier molecular flexibility index (Phi) is 5.77. The van der Waals surface area contributed by atoms with Crippen LogP contribution in [-0.2, 0) is 0 Å². The first kappa shape index (κ1) is 17.4. The van der Waals surface area contributed by atoms with Crippen LogP contribution in [0.2, 0.25) is 0 Å². The average molecular weight is 348 g/mol. The Bertz CT molecular complexity index is 843. The Morgan fingerprint density at radius 1 is 0.846 bits per heavy atom. The molecule has 1 aromatic carbocycles. The van der Waals surface area contributed by atoms with Gasteiger partial charge in [-0.1, -0.05) is 0 Å². The summed E-state index contributed by atoms with van der Waals surface area (Å²) in [7, 11) is 0. The van der Waals surface area contributed by atoms with Gasteiger partial charge < -0.3 is 15.2 Å². The van der Waals surface area contributed by atoms with Crippen LogP contribution in [0.25, 0.3) is 5.69 Å². The summed E-state index contributed by atoms with van der Waals surface area (Å²) in [5, 5.41) is 5.66.